The molecule has 92 valence electrons. The van der Waals surface area contributed by atoms with Crippen LogP contribution in [0, 0.1) is 5.92 Å². The number of hydrogen-bond acceptors (Lipinski definition) is 3. The van der Waals surface area contributed by atoms with E-state index in [-0.39, 0.29) is 11.8 Å². The summed E-state index contributed by atoms with van der Waals surface area (Å²) in [5.41, 5.74) is 1.05. The van der Waals surface area contributed by atoms with E-state index >= 15 is 0 Å². The highest BCUT2D eigenvalue weighted by molar-refractivity contribution is 5.78. The summed E-state index contributed by atoms with van der Waals surface area (Å²) in [6.45, 7) is 2.55. The topological polar surface area (TPSA) is 45.2 Å². The molecule has 0 saturated carbocycles. The van der Waals surface area contributed by atoms with Crippen molar-refractivity contribution < 1.29 is 4.79 Å². The summed E-state index contributed by atoms with van der Waals surface area (Å²) in [7, 11) is 2.07. The van der Waals surface area contributed by atoms with Crippen LogP contribution in [0.2, 0.25) is 0 Å². The quantitative estimate of drug-likeness (QED) is 0.848. The molecule has 1 aromatic rings. The summed E-state index contributed by atoms with van der Waals surface area (Å²) in [5.74, 6) is 0.311. The Morgan fingerprint density at radius 3 is 3.24 bits per heavy atom. The van der Waals surface area contributed by atoms with Crippen molar-refractivity contribution in [3.8, 4) is 0 Å². The Morgan fingerprint density at radius 1 is 1.65 bits per heavy atom. The number of hydrogen-bond donors (Lipinski definition) is 1. The van der Waals surface area contributed by atoms with Gasteiger partial charge in [-0.05, 0) is 38.1 Å². The zero-order valence-corrected chi connectivity index (χ0v) is 10.2. The molecule has 2 heterocycles. The van der Waals surface area contributed by atoms with E-state index in [9.17, 15) is 4.79 Å². The lowest BCUT2D eigenvalue weighted by Gasteiger charge is -2.28. The summed E-state index contributed by atoms with van der Waals surface area (Å²) in [6, 6.07) is 3.86. The Morgan fingerprint density at radius 2 is 2.53 bits per heavy atom. The van der Waals surface area contributed by atoms with Crippen molar-refractivity contribution in [1.29, 1.82) is 0 Å². The molecule has 1 atom stereocenters. The van der Waals surface area contributed by atoms with Crippen molar-refractivity contribution >= 4 is 5.91 Å². The second-order valence-electron chi connectivity index (χ2n) is 4.68. The van der Waals surface area contributed by atoms with Crippen molar-refractivity contribution in [3.05, 3.63) is 30.1 Å². The first-order chi connectivity index (χ1) is 8.25. The van der Waals surface area contributed by atoms with E-state index in [0.29, 0.717) is 6.54 Å². The van der Waals surface area contributed by atoms with Crippen molar-refractivity contribution in [2.75, 3.05) is 20.1 Å². The van der Waals surface area contributed by atoms with Gasteiger partial charge in [0.2, 0.25) is 5.91 Å². The molecule has 17 heavy (non-hydrogen) atoms. The molecule has 2 rings (SSSR count). The molecule has 1 saturated heterocycles. The lowest BCUT2D eigenvalue weighted by Crippen LogP contribution is -2.41. The van der Waals surface area contributed by atoms with Gasteiger partial charge in [-0.25, -0.2) is 0 Å². The van der Waals surface area contributed by atoms with Crippen molar-refractivity contribution in [3.63, 3.8) is 0 Å². The molecule has 1 N–H and O–H groups in total. The number of pyridine rings is 1. The number of rotatable bonds is 3. The third-order valence-electron chi connectivity index (χ3n) is 3.18. The maximum absolute atomic E-state index is 12.0. The van der Waals surface area contributed by atoms with Gasteiger partial charge in [-0.3, -0.25) is 9.78 Å². The SMILES string of the molecule is CN1CCC[C@H](C(=O)NCc2cccnc2)C1. The Balaban J connectivity index is 1.81. The van der Waals surface area contributed by atoms with E-state index in [1.807, 2.05) is 12.1 Å². The highest BCUT2D eigenvalue weighted by atomic mass is 16.1. The van der Waals surface area contributed by atoms with E-state index < -0.39 is 0 Å². The molecule has 1 aliphatic heterocycles. The summed E-state index contributed by atoms with van der Waals surface area (Å²) in [4.78, 5) is 18.2. The summed E-state index contributed by atoms with van der Waals surface area (Å²) >= 11 is 0. The second kappa shape index (κ2) is 5.77. The zero-order valence-electron chi connectivity index (χ0n) is 10.2. The lowest BCUT2D eigenvalue weighted by atomic mass is 9.97. The highest BCUT2D eigenvalue weighted by Crippen LogP contribution is 2.15. The van der Waals surface area contributed by atoms with Gasteiger partial charge in [0, 0.05) is 25.5 Å². The summed E-state index contributed by atoms with van der Waals surface area (Å²) in [6.07, 6.45) is 5.64. The van der Waals surface area contributed by atoms with Crippen LogP contribution in [-0.2, 0) is 11.3 Å². The molecule has 0 aliphatic carbocycles. The average molecular weight is 233 g/mol. The van der Waals surface area contributed by atoms with Gasteiger partial charge < -0.3 is 10.2 Å². The molecule has 1 aromatic heterocycles. The molecule has 0 aromatic carbocycles. The number of likely N-dealkylation sites (tertiary alicyclic amines) is 1. The lowest BCUT2D eigenvalue weighted by molar-refractivity contribution is -0.126. The molecule has 0 spiro atoms. The van der Waals surface area contributed by atoms with Gasteiger partial charge in [-0.2, -0.15) is 0 Å². The molecular weight excluding hydrogens is 214 g/mol. The largest absolute Gasteiger partial charge is 0.352 e. The first-order valence-corrected chi connectivity index (χ1v) is 6.11. The maximum Gasteiger partial charge on any atom is 0.224 e. The fraction of sp³-hybridized carbons (Fsp3) is 0.538. The van der Waals surface area contributed by atoms with Crippen LogP contribution in [0.25, 0.3) is 0 Å². The van der Waals surface area contributed by atoms with Crippen molar-refractivity contribution in [2.24, 2.45) is 5.92 Å². The average Bonchev–Trinajstić information content (AvgIpc) is 2.37. The zero-order chi connectivity index (χ0) is 12.1. The summed E-state index contributed by atoms with van der Waals surface area (Å²) < 4.78 is 0. The number of nitrogens with zero attached hydrogens (tertiary/aromatic N) is 2. The van der Waals surface area contributed by atoms with Gasteiger partial charge in [0.05, 0.1) is 5.92 Å². The van der Waals surface area contributed by atoms with Crippen LogP contribution in [-0.4, -0.2) is 35.9 Å². The Kier molecular flexibility index (Phi) is 4.09. The minimum atomic E-state index is 0.144. The number of carbonyl (C=O) groups excluding carboxylic acids is 1. The second-order valence-corrected chi connectivity index (χ2v) is 4.68. The van der Waals surface area contributed by atoms with Crippen LogP contribution < -0.4 is 5.32 Å². The molecule has 0 radical (unpaired) electrons. The van der Waals surface area contributed by atoms with Gasteiger partial charge in [0.15, 0.2) is 0 Å². The third kappa shape index (κ3) is 3.53. The number of aromatic nitrogens is 1. The summed E-state index contributed by atoms with van der Waals surface area (Å²) in [5, 5.41) is 2.98. The normalized spacial score (nSPS) is 21.1. The van der Waals surface area contributed by atoms with Crippen molar-refractivity contribution in [2.45, 2.75) is 19.4 Å². The molecule has 0 bridgehead atoms. The Bertz CT molecular complexity index is 366. The number of piperidine rings is 1. The maximum atomic E-state index is 12.0. The molecular formula is C13H19N3O. The molecule has 0 unspecified atom stereocenters. The fourth-order valence-electron chi connectivity index (χ4n) is 2.22. The highest BCUT2D eigenvalue weighted by Gasteiger charge is 2.23. The molecule has 4 nitrogen and oxygen atoms in total. The number of nitrogens with one attached hydrogen (secondary N) is 1. The van der Waals surface area contributed by atoms with E-state index in [0.717, 1.165) is 31.5 Å². The van der Waals surface area contributed by atoms with Crippen LogP contribution >= 0.6 is 0 Å². The fourth-order valence-corrected chi connectivity index (χ4v) is 2.22. The van der Waals surface area contributed by atoms with Gasteiger partial charge in [0.25, 0.3) is 0 Å². The van der Waals surface area contributed by atoms with Crippen LogP contribution in [0.1, 0.15) is 18.4 Å². The number of carbonyl (C=O) groups is 1. The van der Waals surface area contributed by atoms with Crippen LogP contribution in [0.15, 0.2) is 24.5 Å². The van der Waals surface area contributed by atoms with Crippen LogP contribution in [0.5, 0.6) is 0 Å². The molecule has 4 heteroatoms. The standard InChI is InChI=1S/C13H19N3O/c1-16-7-3-5-12(10-16)13(17)15-9-11-4-2-6-14-8-11/h2,4,6,8,12H,3,5,7,9-10H2,1H3,(H,15,17)/t12-/m0/s1. The molecule has 1 amide bonds. The van der Waals surface area contributed by atoms with Crippen LogP contribution in [0.4, 0.5) is 0 Å². The van der Waals surface area contributed by atoms with Crippen LogP contribution in [0.3, 0.4) is 0 Å². The Hall–Kier alpha value is -1.42. The van der Waals surface area contributed by atoms with E-state index in [4.69, 9.17) is 0 Å². The third-order valence-corrected chi connectivity index (χ3v) is 3.18. The van der Waals surface area contributed by atoms with Crippen molar-refractivity contribution in [1.82, 2.24) is 15.2 Å². The molecule has 1 fully saturated rings. The van der Waals surface area contributed by atoms with E-state index in [2.05, 4.69) is 22.2 Å². The smallest absolute Gasteiger partial charge is 0.224 e. The minimum Gasteiger partial charge on any atom is -0.352 e. The van der Waals surface area contributed by atoms with Gasteiger partial charge in [-0.15, -0.1) is 0 Å². The number of amides is 1. The van der Waals surface area contributed by atoms with Gasteiger partial charge >= 0.3 is 0 Å². The predicted octanol–water partition coefficient (Wildman–Crippen LogP) is 1.04. The minimum absolute atomic E-state index is 0.144. The first kappa shape index (κ1) is 12.0. The Labute approximate surface area is 102 Å². The first-order valence-electron chi connectivity index (χ1n) is 6.11. The predicted molar refractivity (Wildman–Crippen MR) is 66.3 cm³/mol. The van der Waals surface area contributed by atoms with E-state index in [1.165, 1.54) is 0 Å². The van der Waals surface area contributed by atoms with Gasteiger partial charge in [0.1, 0.15) is 0 Å². The van der Waals surface area contributed by atoms with E-state index in [1.54, 1.807) is 12.4 Å². The monoisotopic (exact) mass is 233 g/mol. The van der Waals surface area contributed by atoms with Gasteiger partial charge in [-0.1, -0.05) is 6.07 Å². The molecule has 1 aliphatic rings.